The molecule has 0 saturated carbocycles. The van der Waals surface area contributed by atoms with E-state index in [1.54, 1.807) is 0 Å². The number of carbonyl (C=O) groups is 1. The zero-order chi connectivity index (χ0) is 24.3. The Morgan fingerprint density at radius 2 is 1.88 bits per heavy atom. The van der Waals surface area contributed by atoms with Crippen LogP contribution in [0.15, 0.2) is 36.7 Å². The number of nitrogens with zero attached hydrogens (tertiary/aromatic N) is 4. The quantitative estimate of drug-likeness (QED) is 0.723. The molecule has 0 radical (unpaired) electrons. The van der Waals surface area contributed by atoms with E-state index in [2.05, 4.69) is 65.4 Å². The molecule has 2 aromatic rings. The van der Waals surface area contributed by atoms with Gasteiger partial charge in [-0.1, -0.05) is 52.8 Å². The predicted molar refractivity (Wildman–Crippen MR) is 136 cm³/mol. The normalized spacial score (nSPS) is 18.0. The van der Waals surface area contributed by atoms with Crippen molar-refractivity contribution in [1.82, 2.24) is 20.3 Å². The van der Waals surface area contributed by atoms with E-state index in [4.69, 9.17) is 4.74 Å². The Balaban J connectivity index is 0.00000133. The highest BCUT2D eigenvalue weighted by Crippen LogP contribution is 2.33. The van der Waals surface area contributed by atoms with E-state index < -0.39 is 0 Å². The summed E-state index contributed by atoms with van der Waals surface area (Å²) in [5.74, 6) is 0.958. The minimum Gasteiger partial charge on any atom is -0.377 e. The van der Waals surface area contributed by atoms with Crippen LogP contribution < -0.4 is 10.4 Å². The van der Waals surface area contributed by atoms with Crippen LogP contribution in [-0.4, -0.2) is 53.1 Å². The second kappa shape index (κ2) is 10.2. The molecule has 0 spiro atoms. The van der Waals surface area contributed by atoms with Crippen LogP contribution in [-0.2, 0) is 16.1 Å². The van der Waals surface area contributed by atoms with Crippen molar-refractivity contribution < 1.29 is 9.53 Å². The van der Waals surface area contributed by atoms with E-state index in [0.717, 1.165) is 49.7 Å². The number of hydrogen-bond acceptors (Lipinski definition) is 6. The Morgan fingerprint density at radius 1 is 1.15 bits per heavy atom. The van der Waals surface area contributed by atoms with Crippen molar-refractivity contribution in [2.45, 2.75) is 60.0 Å². The highest BCUT2D eigenvalue weighted by molar-refractivity contribution is 5.79. The van der Waals surface area contributed by atoms with Crippen LogP contribution in [0.4, 0.5) is 5.69 Å². The molecule has 1 aromatic heterocycles. The molecule has 7 nitrogen and oxygen atoms in total. The lowest BCUT2D eigenvalue weighted by Crippen LogP contribution is -2.53. The number of anilines is 1. The molecule has 1 fully saturated rings. The third kappa shape index (κ3) is 5.31. The number of hydrogen-bond donors (Lipinski definition) is 1. The van der Waals surface area contributed by atoms with Crippen LogP contribution >= 0.6 is 0 Å². The van der Waals surface area contributed by atoms with Gasteiger partial charge in [-0.05, 0) is 29.0 Å². The lowest BCUT2D eigenvalue weighted by molar-refractivity contribution is -0.132. The van der Waals surface area contributed by atoms with Gasteiger partial charge >= 0.3 is 0 Å². The summed E-state index contributed by atoms with van der Waals surface area (Å²) in [5.41, 5.74) is 9.21. The van der Waals surface area contributed by atoms with Crippen molar-refractivity contribution in [3.63, 3.8) is 0 Å². The fraction of sp³-hybridized carbons (Fsp3) is 0.519. The number of amides is 1. The zero-order valence-corrected chi connectivity index (χ0v) is 21.1. The molecule has 0 bridgehead atoms. The summed E-state index contributed by atoms with van der Waals surface area (Å²) in [6, 6.07) is 6.81. The average molecular weight is 464 g/mol. The topological polar surface area (TPSA) is 70.6 Å². The first-order valence-corrected chi connectivity index (χ1v) is 12.4. The Morgan fingerprint density at radius 3 is 2.47 bits per heavy atom. The molecule has 3 aliphatic rings. The molecular weight excluding hydrogens is 426 g/mol. The molecule has 1 amide bonds. The van der Waals surface area contributed by atoms with Gasteiger partial charge < -0.3 is 14.6 Å². The molecule has 0 atom stereocenters. The molecular formula is C27H37N5O2. The number of rotatable bonds is 4. The number of hydrazine groups is 1. The monoisotopic (exact) mass is 463 g/mol. The maximum Gasteiger partial charge on any atom is 0.223 e. The molecule has 1 N–H and O–H groups in total. The maximum atomic E-state index is 12.5. The molecule has 1 saturated heterocycles. The van der Waals surface area contributed by atoms with E-state index in [1.165, 1.54) is 16.8 Å². The predicted octanol–water partition coefficient (Wildman–Crippen LogP) is 4.45. The third-order valence-corrected chi connectivity index (χ3v) is 6.29. The Kier molecular flexibility index (Phi) is 7.33. The van der Waals surface area contributed by atoms with Crippen molar-refractivity contribution in [1.29, 1.82) is 0 Å². The lowest BCUT2D eigenvalue weighted by Gasteiger charge is -2.36. The van der Waals surface area contributed by atoms with E-state index in [0.29, 0.717) is 19.0 Å². The number of carbonyl (C=O) groups excluding carboxylic acids is 1. The summed E-state index contributed by atoms with van der Waals surface area (Å²) in [5, 5.41) is 2.22. The SMILES string of the molecule is CC.CC(C)(C)CC(=O)N1CC=C(c2cnc(-c3ccc4c(c3)N(C3COC3)NC4)nc2)CC1. The van der Waals surface area contributed by atoms with E-state index >= 15 is 0 Å². The van der Waals surface area contributed by atoms with Gasteiger partial charge in [-0.15, -0.1) is 0 Å². The van der Waals surface area contributed by atoms with Crippen molar-refractivity contribution in [2.75, 3.05) is 31.3 Å². The first-order valence-electron chi connectivity index (χ1n) is 12.4. The first kappa shape index (κ1) is 24.4. The minimum absolute atomic E-state index is 0.0149. The Hall–Kier alpha value is -2.77. The van der Waals surface area contributed by atoms with Gasteiger partial charge in [0.2, 0.25) is 5.91 Å². The highest BCUT2D eigenvalue weighted by Gasteiger charge is 2.31. The molecule has 34 heavy (non-hydrogen) atoms. The molecule has 1 aromatic carbocycles. The minimum atomic E-state index is 0.0149. The van der Waals surface area contributed by atoms with Crippen LogP contribution in [0, 0.1) is 5.41 Å². The van der Waals surface area contributed by atoms with Crippen molar-refractivity contribution in [2.24, 2.45) is 5.41 Å². The van der Waals surface area contributed by atoms with Crippen LogP contribution in [0.5, 0.6) is 0 Å². The summed E-state index contributed by atoms with van der Waals surface area (Å²) in [6.07, 6.45) is 7.37. The number of ether oxygens (including phenoxy) is 1. The zero-order valence-electron chi connectivity index (χ0n) is 21.1. The van der Waals surface area contributed by atoms with Gasteiger partial charge in [-0.2, -0.15) is 0 Å². The standard InChI is InChI=1S/C25H31N5O2.C2H6/c1-25(2,3)11-23(31)29-8-6-17(7-9-29)20-12-26-24(27-13-20)18-4-5-19-14-28-30(22(19)10-18)21-15-32-16-21;1-2/h4-6,10,12-13,21,28H,7-9,11,14-16H2,1-3H3;1-2H3. The summed E-state index contributed by atoms with van der Waals surface area (Å²) < 4.78 is 5.36. The molecule has 3 aliphatic heterocycles. The molecule has 0 aliphatic carbocycles. The number of fused-ring (bicyclic) bond motifs is 1. The van der Waals surface area contributed by atoms with Gasteiger partial charge in [0, 0.05) is 49.6 Å². The third-order valence-electron chi connectivity index (χ3n) is 6.29. The number of benzene rings is 1. The molecule has 7 heteroatoms. The van der Waals surface area contributed by atoms with Gasteiger partial charge in [-0.3, -0.25) is 4.79 Å². The summed E-state index contributed by atoms with van der Waals surface area (Å²) in [7, 11) is 0. The van der Waals surface area contributed by atoms with E-state index in [9.17, 15) is 4.79 Å². The average Bonchev–Trinajstić information content (AvgIpc) is 3.21. The van der Waals surface area contributed by atoms with Crippen LogP contribution in [0.2, 0.25) is 0 Å². The largest absolute Gasteiger partial charge is 0.377 e. The summed E-state index contributed by atoms with van der Waals surface area (Å²) >= 11 is 0. The van der Waals surface area contributed by atoms with Crippen molar-refractivity contribution in [3.8, 4) is 11.4 Å². The van der Waals surface area contributed by atoms with Gasteiger partial charge in [0.05, 0.1) is 24.9 Å². The summed E-state index contributed by atoms with van der Waals surface area (Å²) in [4.78, 5) is 23.8. The molecule has 5 rings (SSSR count). The Bertz CT molecular complexity index is 1040. The summed E-state index contributed by atoms with van der Waals surface area (Å²) in [6.45, 7) is 14.1. The van der Waals surface area contributed by atoms with Crippen LogP contribution in [0.3, 0.4) is 0 Å². The van der Waals surface area contributed by atoms with E-state index in [-0.39, 0.29) is 11.3 Å². The first-order chi connectivity index (χ1) is 16.4. The van der Waals surface area contributed by atoms with Gasteiger partial charge in [0.1, 0.15) is 0 Å². The second-order valence-corrected chi connectivity index (χ2v) is 10.1. The number of aromatic nitrogens is 2. The van der Waals surface area contributed by atoms with Gasteiger partial charge in [0.25, 0.3) is 0 Å². The van der Waals surface area contributed by atoms with Crippen LogP contribution in [0.1, 0.15) is 58.6 Å². The lowest BCUT2D eigenvalue weighted by atomic mass is 9.91. The van der Waals surface area contributed by atoms with Crippen molar-refractivity contribution >= 4 is 17.2 Å². The second-order valence-electron chi connectivity index (χ2n) is 10.1. The fourth-order valence-electron chi connectivity index (χ4n) is 4.40. The van der Waals surface area contributed by atoms with Gasteiger partial charge in [0.15, 0.2) is 5.82 Å². The van der Waals surface area contributed by atoms with Crippen molar-refractivity contribution in [3.05, 3.63) is 47.8 Å². The molecule has 4 heterocycles. The Labute approximate surface area is 203 Å². The fourth-order valence-corrected chi connectivity index (χ4v) is 4.40. The molecule has 0 unspecified atom stereocenters. The van der Waals surface area contributed by atoms with E-state index in [1.807, 2.05) is 31.1 Å². The van der Waals surface area contributed by atoms with Crippen LogP contribution in [0.25, 0.3) is 17.0 Å². The van der Waals surface area contributed by atoms with Gasteiger partial charge in [-0.25, -0.2) is 15.4 Å². The smallest absolute Gasteiger partial charge is 0.223 e. The number of nitrogens with one attached hydrogen (secondary N) is 1. The maximum absolute atomic E-state index is 12.5. The molecule has 182 valence electrons. The highest BCUT2D eigenvalue weighted by atomic mass is 16.5.